The minimum atomic E-state index is -4.77. The average molecular weight is 400 g/mol. The first-order chi connectivity index (χ1) is 13.8. The van der Waals surface area contributed by atoms with Crippen LogP contribution in [0.1, 0.15) is 22.7 Å². The monoisotopic (exact) mass is 400 g/mol. The second-order valence-corrected chi connectivity index (χ2v) is 6.57. The number of benzene rings is 2. The number of carbonyl (C=O) groups excluding carboxylic acids is 1. The first-order valence-electron chi connectivity index (χ1n) is 8.99. The van der Waals surface area contributed by atoms with E-state index < -0.39 is 29.8 Å². The number of hydrogen-bond acceptors (Lipinski definition) is 2. The molecule has 0 fully saturated rings. The quantitative estimate of drug-likeness (QED) is 0.681. The van der Waals surface area contributed by atoms with Crippen LogP contribution in [0.15, 0.2) is 83.8 Å². The molecule has 2 aromatic carbocycles. The summed E-state index contributed by atoms with van der Waals surface area (Å²) in [6.07, 6.45) is -3.09. The lowest BCUT2D eigenvalue weighted by atomic mass is 9.99. The molecule has 0 saturated heterocycles. The van der Waals surface area contributed by atoms with Crippen molar-refractivity contribution in [1.82, 2.24) is 9.88 Å². The van der Waals surface area contributed by atoms with Gasteiger partial charge in [0.05, 0.1) is 6.04 Å². The van der Waals surface area contributed by atoms with E-state index in [0.29, 0.717) is 12.5 Å². The molecule has 0 unspecified atom stereocenters. The van der Waals surface area contributed by atoms with Crippen LogP contribution >= 0.6 is 0 Å². The van der Waals surface area contributed by atoms with Gasteiger partial charge >= 0.3 is 6.18 Å². The molecule has 1 amide bonds. The van der Waals surface area contributed by atoms with Crippen LogP contribution in [0, 0.1) is 0 Å². The highest BCUT2D eigenvalue weighted by molar-refractivity contribution is 5.76. The van der Waals surface area contributed by atoms with Crippen LogP contribution in [0.4, 0.5) is 13.2 Å². The lowest BCUT2D eigenvalue weighted by Gasteiger charge is -2.20. The molecule has 4 nitrogen and oxygen atoms in total. The Bertz CT molecular complexity index is 1020. The third-order valence-corrected chi connectivity index (χ3v) is 4.46. The molecule has 3 rings (SSSR count). The van der Waals surface area contributed by atoms with Gasteiger partial charge in [-0.2, -0.15) is 13.2 Å². The van der Waals surface area contributed by atoms with Crippen molar-refractivity contribution in [2.24, 2.45) is 0 Å². The highest BCUT2D eigenvalue weighted by Gasteiger charge is 2.34. The van der Waals surface area contributed by atoms with Crippen LogP contribution in [-0.4, -0.2) is 10.5 Å². The smallest absolute Gasteiger partial charge is 0.347 e. The number of aromatic nitrogens is 1. The molecule has 1 atom stereocenters. The van der Waals surface area contributed by atoms with Gasteiger partial charge in [0.15, 0.2) is 0 Å². The fraction of sp³-hybridized carbons (Fsp3) is 0.182. The zero-order chi connectivity index (χ0) is 20.9. The summed E-state index contributed by atoms with van der Waals surface area (Å²) in [6.45, 7) is -0.499. The molecule has 3 aromatic rings. The minimum absolute atomic E-state index is 0.382. The number of pyridine rings is 1. The number of carbonyl (C=O) groups is 1. The Labute approximate surface area is 165 Å². The third-order valence-electron chi connectivity index (χ3n) is 4.46. The number of nitrogens with one attached hydrogen (secondary N) is 1. The van der Waals surface area contributed by atoms with Crippen molar-refractivity contribution in [3.8, 4) is 0 Å². The fourth-order valence-corrected chi connectivity index (χ4v) is 3.06. The molecule has 0 spiro atoms. The van der Waals surface area contributed by atoms with E-state index in [-0.39, 0.29) is 6.04 Å². The van der Waals surface area contributed by atoms with E-state index in [1.165, 1.54) is 6.20 Å². The Morgan fingerprint density at radius 3 is 2.17 bits per heavy atom. The molecule has 150 valence electrons. The van der Waals surface area contributed by atoms with Crippen molar-refractivity contribution in [1.29, 1.82) is 0 Å². The number of halogens is 3. The molecule has 0 saturated carbocycles. The van der Waals surface area contributed by atoms with E-state index in [1.54, 1.807) is 0 Å². The van der Waals surface area contributed by atoms with E-state index in [4.69, 9.17) is 0 Å². The van der Waals surface area contributed by atoms with E-state index in [2.05, 4.69) is 5.32 Å². The van der Waals surface area contributed by atoms with Gasteiger partial charge in [-0.05, 0) is 29.7 Å². The topological polar surface area (TPSA) is 51.1 Å². The van der Waals surface area contributed by atoms with Crippen LogP contribution in [0.2, 0.25) is 0 Å². The van der Waals surface area contributed by atoms with Crippen molar-refractivity contribution in [3.63, 3.8) is 0 Å². The van der Waals surface area contributed by atoms with Crippen LogP contribution in [0.25, 0.3) is 0 Å². The lowest BCUT2D eigenvalue weighted by molar-refractivity contribution is -0.139. The molecule has 0 aliphatic carbocycles. The Hall–Kier alpha value is -3.35. The molecule has 0 aliphatic rings. The first kappa shape index (κ1) is 20.4. The number of nitrogens with zero attached hydrogens (tertiary/aromatic N) is 1. The van der Waals surface area contributed by atoms with Gasteiger partial charge < -0.3 is 9.88 Å². The fourth-order valence-electron chi connectivity index (χ4n) is 3.06. The molecular weight excluding hydrogens is 381 g/mol. The Balaban J connectivity index is 1.80. The van der Waals surface area contributed by atoms with Gasteiger partial charge in [0, 0.05) is 6.20 Å². The summed E-state index contributed by atoms with van der Waals surface area (Å²) in [4.78, 5) is 24.6. The summed E-state index contributed by atoms with van der Waals surface area (Å²) in [6, 6.07) is 20.2. The van der Waals surface area contributed by atoms with Gasteiger partial charge in [0.25, 0.3) is 5.56 Å². The van der Waals surface area contributed by atoms with Gasteiger partial charge in [0.1, 0.15) is 12.1 Å². The van der Waals surface area contributed by atoms with E-state index in [1.807, 2.05) is 60.7 Å². The van der Waals surface area contributed by atoms with Crippen molar-refractivity contribution in [2.45, 2.75) is 25.2 Å². The molecule has 0 radical (unpaired) electrons. The van der Waals surface area contributed by atoms with Crippen LogP contribution in [-0.2, 0) is 23.9 Å². The summed E-state index contributed by atoms with van der Waals surface area (Å²) in [5, 5.41) is 2.84. The predicted octanol–water partition coefficient (Wildman–Crippen LogP) is 3.97. The van der Waals surface area contributed by atoms with Crippen molar-refractivity contribution < 1.29 is 18.0 Å². The van der Waals surface area contributed by atoms with E-state index in [0.717, 1.165) is 21.8 Å². The summed E-state index contributed by atoms with van der Waals surface area (Å²) in [5.74, 6) is -0.545. The predicted molar refractivity (Wildman–Crippen MR) is 103 cm³/mol. The van der Waals surface area contributed by atoms with E-state index in [9.17, 15) is 22.8 Å². The zero-order valence-corrected chi connectivity index (χ0v) is 15.4. The number of hydrogen-bond donors (Lipinski definition) is 1. The van der Waals surface area contributed by atoms with E-state index >= 15 is 0 Å². The molecule has 29 heavy (non-hydrogen) atoms. The first-order valence-corrected chi connectivity index (χ1v) is 8.99. The Morgan fingerprint density at radius 2 is 1.55 bits per heavy atom. The second kappa shape index (κ2) is 8.77. The standard InChI is InChI=1S/C22H19F3N2O2/c23-22(24,25)18-12-7-13-27(21(18)29)15-20(28)26-19(17-10-5-2-6-11-17)14-16-8-3-1-4-9-16/h1-13,19H,14-15H2,(H,26,28)/t19-/m1/s1. The third kappa shape index (κ3) is 5.34. The normalized spacial score (nSPS) is 12.4. The maximum atomic E-state index is 12.9. The summed E-state index contributed by atoms with van der Waals surface area (Å²) >= 11 is 0. The Morgan fingerprint density at radius 1 is 0.931 bits per heavy atom. The highest BCUT2D eigenvalue weighted by Crippen LogP contribution is 2.26. The maximum absolute atomic E-state index is 12.9. The number of alkyl halides is 3. The van der Waals surface area contributed by atoms with Gasteiger partial charge in [0.2, 0.25) is 5.91 Å². The molecule has 0 bridgehead atoms. The molecular formula is C22H19F3N2O2. The maximum Gasteiger partial charge on any atom is 0.421 e. The lowest BCUT2D eigenvalue weighted by Crippen LogP contribution is -2.37. The zero-order valence-electron chi connectivity index (χ0n) is 15.4. The van der Waals surface area contributed by atoms with Gasteiger partial charge in [-0.1, -0.05) is 60.7 Å². The van der Waals surface area contributed by atoms with Crippen LogP contribution in [0.3, 0.4) is 0 Å². The van der Waals surface area contributed by atoms with Gasteiger partial charge in [-0.25, -0.2) is 0 Å². The van der Waals surface area contributed by atoms with Gasteiger partial charge in [-0.3, -0.25) is 9.59 Å². The van der Waals surface area contributed by atoms with Gasteiger partial charge in [-0.15, -0.1) is 0 Å². The van der Waals surface area contributed by atoms with Crippen molar-refractivity contribution in [2.75, 3.05) is 0 Å². The molecule has 7 heteroatoms. The molecule has 1 aromatic heterocycles. The summed E-state index contributed by atoms with van der Waals surface area (Å²) in [7, 11) is 0. The minimum Gasteiger partial charge on any atom is -0.347 e. The summed E-state index contributed by atoms with van der Waals surface area (Å²) in [5.41, 5.74) is -0.676. The highest BCUT2D eigenvalue weighted by atomic mass is 19.4. The Kier molecular flexibility index (Phi) is 6.16. The average Bonchev–Trinajstić information content (AvgIpc) is 2.69. The molecule has 0 aliphatic heterocycles. The molecule has 1 heterocycles. The van der Waals surface area contributed by atoms with Crippen LogP contribution in [0.5, 0.6) is 0 Å². The van der Waals surface area contributed by atoms with Crippen molar-refractivity contribution in [3.05, 3.63) is 106 Å². The second-order valence-electron chi connectivity index (χ2n) is 6.57. The number of amides is 1. The largest absolute Gasteiger partial charge is 0.421 e. The SMILES string of the molecule is O=C(Cn1cccc(C(F)(F)F)c1=O)N[C@H](Cc1ccccc1)c1ccccc1. The van der Waals surface area contributed by atoms with Crippen LogP contribution < -0.4 is 10.9 Å². The number of rotatable bonds is 6. The summed E-state index contributed by atoms with van der Waals surface area (Å²) < 4.78 is 39.5. The molecule has 1 N–H and O–H groups in total. The van der Waals surface area contributed by atoms with Crippen molar-refractivity contribution >= 4 is 5.91 Å².